The molecule has 0 unspecified atom stereocenters. The third-order valence-corrected chi connectivity index (χ3v) is 8.18. The molecule has 4 aromatic carbocycles. The molecular formula is C30H18ClN5O4S2. The highest BCUT2D eigenvalue weighted by Crippen LogP contribution is 2.40. The molecule has 2 N–H and O–H groups in total. The lowest BCUT2D eigenvalue weighted by Gasteiger charge is -2.05. The minimum absolute atomic E-state index is 0.198. The van der Waals surface area contributed by atoms with Crippen molar-refractivity contribution in [3.05, 3.63) is 123 Å². The van der Waals surface area contributed by atoms with Gasteiger partial charge in [-0.05, 0) is 66.2 Å². The number of hydrogen-bond donors (Lipinski definition) is 2. The Labute approximate surface area is 252 Å². The molecule has 0 bridgehead atoms. The maximum Gasteiger partial charge on any atom is 0.283 e. The number of rotatable bonds is 8. The Hall–Kier alpha value is -5.02. The second kappa shape index (κ2) is 12.7. The van der Waals surface area contributed by atoms with E-state index in [9.17, 15) is 25.0 Å². The highest BCUT2D eigenvalue weighted by atomic mass is 35.5. The van der Waals surface area contributed by atoms with Crippen molar-refractivity contribution in [2.75, 3.05) is 10.6 Å². The molecule has 12 heteroatoms. The van der Waals surface area contributed by atoms with Crippen LogP contribution in [-0.4, -0.2) is 21.7 Å². The molecule has 0 aliphatic carbocycles. The summed E-state index contributed by atoms with van der Waals surface area (Å²) in [5, 5.41) is 27.3. The summed E-state index contributed by atoms with van der Waals surface area (Å²) < 4.78 is 1.37. The van der Waals surface area contributed by atoms with E-state index in [-0.39, 0.29) is 17.2 Å². The van der Waals surface area contributed by atoms with Gasteiger partial charge >= 0.3 is 0 Å². The number of amides is 2. The number of aromatic nitrogens is 1. The summed E-state index contributed by atoms with van der Waals surface area (Å²) in [6.45, 7) is 0. The van der Waals surface area contributed by atoms with Crippen molar-refractivity contribution >= 4 is 79.9 Å². The second-order valence-corrected chi connectivity index (χ2v) is 11.5. The fraction of sp³-hybridized carbons (Fsp3) is 0. The van der Waals surface area contributed by atoms with Crippen LogP contribution in [0, 0.1) is 21.4 Å². The Kier molecular flexibility index (Phi) is 8.59. The zero-order valence-electron chi connectivity index (χ0n) is 21.4. The fourth-order valence-corrected chi connectivity index (χ4v) is 6.18. The number of carbonyl (C=O) groups excluding carboxylic acids is 2. The van der Waals surface area contributed by atoms with Gasteiger partial charge in [-0.2, -0.15) is 5.26 Å². The molecule has 42 heavy (non-hydrogen) atoms. The largest absolute Gasteiger partial charge is 0.322 e. The summed E-state index contributed by atoms with van der Waals surface area (Å²) in [6.07, 6.45) is 1.28. The number of hydrogen-bond acceptors (Lipinski definition) is 8. The summed E-state index contributed by atoms with van der Waals surface area (Å²) >= 11 is 8.41. The van der Waals surface area contributed by atoms with Crippen molar-refractivity contribution in [3.63, 3.8) is 0 Å². The van der Waals surface area contributed by atoms with E-state index in [4.69, 9.17) is 11.6 Å². The molecule has 2 amide bonds. The molecule has 0 aliphatic rings. The Morgan fingerprint density at radius 1 is 0.976 bits per heavy atom. The predicted molar refractivity (Wildman–Crippen MR) is 165 cm³/mol. The molecule has 0 saturated heterocycles. The first-order chi connectivity index (χ1) is 20.3. The van der Waals surface area contributed by atoms with E-state index in [1.165, 1.54) is 29.5 Å². The molecule has 0 aliphatic heterocycles. The van der Waals surface area contributed by atoms with E-state index < -0.39 is 10.8 Å². The molecule has 0 atom stereocenters. The maximum atomic E-state index is 12.6. The van der Waals surface area contributed by atoms with Crippen molar-refractivity contribution < 1.29 is 14.5 Å². The first-order valence-electron chi connectivity index (χ1n) is 12.2. The summed E-state index contributed by atoms with van der Waals surface area (Å²) in [5.74, 6) is -0.907. The summed E-state index contributed by atoms with van der Waals surface area (Å²) in [4.78, 5) is 41.4. The van der Waals surface area contributed by atoms with Crippen molar-refractivity contribution in [3.8, 4) is 6.07 Å². The van der Waals surface area contributed by atoms with E-state index in [1.807, 2.05) is 12.1 Å². The summed E-state index contributed by atoms with van der Waals surface area (Å²) in [5.41, 5.74) is 2.12. The van der Waals surface area contributed by atoms with Crippen LogP contribution in [0.25, 0.3) is 16.3 Å². The number of nitro groups is 1. The molecule has 206 valence electrons. The number of carbonyl (C=O) groups is 2. The van der Waals surface area contributed by atoms with Gasteiger partial charge in [0.05, 0.1) is 20.0 Å². The van der Waals surface area contributed by atoms with Gasteiger partial charge in [0, 0.05) is 28.0 Å². The Balaban J connectivity index is 1.35. The molecule has 0 spiro atoms. The van der Waals surface area contributed by atoms with Crippen LogP contribution in [0.5, 0.6) is 0 Å². The van der Waals surface area contributed by atoms with Gasteiger partial charge in [-0.1, -0.05) is 53.7 Å². The normalized spacial score (nSPS) is 11.1. The molecule has 5 aromatic rings. The fourth-order valence-electron chi connectivity index (χ4n) is 3.84. The quantitative estimate of drug-likeness (QED) is 0.0789. The highest BCUT2D eigenvalue weighted by Gasteiger charge is 2.19. The van der Waals surface area contributed by atoms with Crippen LogP contribution in [0.4, 0.5) is 17.1 Å². The second-order valence-electron chi connectivity index (χ2n) is 8.70. The summed E-state index contributed by atoms with van der Waals surface area (Å²) in [7, 11) is 0. The number of thiazole rings is 1. The first-order valence-corrected chi connectivity index (χ1v) is 14.2. The van der Waals surface area contributed by atoms with Gasteiger partial charge in [0.15, 0.2) is 4.34 Å². The molecule has 9 nitrogen and oxygen atoms in total. The van der Waals surface area contributed by atoms with E-state index in [0.717, 1.165) is 16.5 Å². The van der Waals surface area contributed by atoms with Gasteiger partial charge in [-0.3, -0.25) is 19.7 Å². The van der Waals surface area contributed by atoms with Gasteiger partial charge in [-0.15, -0.1) is 11.3 Å². The molecule has 5 rings (SSSR count). The molecule has 0 fully saturated rings. The molecular weight excluding hydrogens is 594 g/mol. The smallest absolute Gasteiger partial charge is 0.283 e. The Bertz CT molecular complexity index is 1920. The van der Waals surface area contributed by atoms with Crippen molar-refractivity contribution in [2.24, 2.45) is 0 Å². The predicted octanol–water partition coefficient (Wildman–Crippen LogP) is 7.81. The lowest BCUT2D eigenvalue weighted by Crippen LogP contribution is -2.13. The van der Waals surface area contributed by atoms with E-state index in [2.05, 4.69) is 15.6 Å². The zero-order valence-corrected chi connectivity index (χ0v) is 23.8. The minimum atomic E-state index is -0.672. The SMILES string of the molecule is N#C/C(=C\c1ccc(Sc2nc3ccc(NC(=O)c4ccccc4)cc3s2)c([N+](=O)[O-])c1)C(=O)Nc1cccc(Cl)c1. The summed E-state index contributed by atoms with van der Waals surface area (Å²) in [6, 6.07) is 26.9. The number of nitriles is 1. The number of nitrogens with one attached hydrogen (secondary N) is 2. The van der Waals surface area contributed by atoms with E-state index in [1.54, 1.807) is 72.8 Å². The maximum absolute atomic E-state index is 12.6. The van der Waals surface area contributed by atoms with Crippen molar-refractivity contribution in [2.45, 2.75) is 9.24 Å². The van der Waals surface area contributed by atoms with Gasteiger partial charge in [0.1, 0.15) is 11.6 Å². The molecule has 1 aromatic heterocycles. The first kappa shape index (κ1) is 28.5. The topological polar surface area (TPSA) is 138 Å². The Morgan fingerprint density at radius 2 is 1.76 bits per heavy atom. The third-order valence-electron chi connectivity index (χ3n) is 5.80. The van der Waals surface area contributed by atoms with Crippen LogP contribution >= 0.6 is 34.7 Å². The van der Waals surface area contributed by atoms with Crippen LogP contribution < -0.4 is 10.6 Å². The van der Waals surface area contributed by atoms with Crippen molar-refractivity contribution in [1.82, 2.24) is 4.98 Å². The van der Waals surface area contributed by atoms with Crippen LogP contribution in [0.2, 0.25) is 5.02 Å². The van der Waals surface area contributed by atoms with E-state index in [0.29, 0.717) is 42.3 Å². The number of anilines is 2. The molecule has 0 saturated carbocycles. The molecule has 0 radical (unpaired) electrons. The lowest BCUT2D eigenvalue weighted by atomic mass is 10.1. The van der Waals surface area contributed by atoms with Gasteiger partial charge in [0.2, 0.25) is 0 Å². The lowest BCUT2D eigenvalue weighted by molar-refractivity contribution is -0.387. The number of nitro benzene ring substituents is 1. The van der Waals surface area contributed by atoms with Gasteiger partial charge in [-0.25, -0.2) is 4.98 Å². The van der Waals surface area contributed by atoms with Crippen LogP contribution in [0.1, 0.15) is 15.9 Å². The van der Waals surface area contributed by atoms with Crippen LogP contribution in [-0.2, 0) is 4.79 Å². The van der Waals surface area contributed by atoms with E-state index >= 15 is 0 Å². The van der Waals surface area contributed by atoms with Crippen LogP contribution in [0.3, 0.4) is 0 Å². The zero-order chi connectivity index (χ0) is 29.6. The third kappa shape index (κ3) is 6.82. The highest BCUT2D eigenvalue weighted by molar-refractivity contribution is 8.01. The molecule has 1 heterocycles. The van der Waals surface area contributed by atoms with Gasteiger partial charge < -0.3 is 10.6 Å². The standard InChI is InChI=1S/C30H18ClN5O4S2/c31-21-7-4-8-22(15-21)33-29(38)20(17-32)13-18-9-12-26(25(14-18)36(39)40)41-30-35-24-11-10-23(16-27(24)42-30)34-28(37)19-5-2-1-3-6-19/h1-16H,(H,33,38)(H,34,37)/b20-13+. The number of benzene rings is 4. The van der Waals surface area contributed by atoms with Crippen molar-refractivity contribution in [1.29, 1.82) is 5.26 Å². The number of halogens is 1. The number of nitrogens with zero attached hydrogens (tertiary/aromatic N) is 3. The average molecular weight is 612 g/mol. The number of fused-ring (bicyclic) bond motifs is 1. The monoisotopic (exact) mass is 611 g/mol. The average Bonchev–Trinajstić information content (AvgIpc) is 3.38. The van der Waals surface area contributed by atoms with Gasteiger partial charge in [0.25, 0.3) is 17.5 Å². The van der Waals surface area contributed by atoms with Crippen LogP contribution in [0.15, 0.2) is 106 Å². The minimum Gasteiger partial charge on any atom is -0.322 e. The Morgan fingerprint density at radius 3 is 2.50 bits per heavy atom.